The van der Waals surface area contributed by atoms with Gasteiger partial charge in [-0.2, -0.15) is 0 Å². The summed E-state index contributed by atoms with van der Waals surface area (Å²) >= 11 is 0. The molecule has 0 aliphatic carbocycles. The molecule has 1 fully saturated rings. The molecular formula is C16H26N6O7. The molecule has 13 heteroatoms. The Hall–Kier alpha value is -3.22. The highest BCUT2D eigenvalue weighted by atomic mass is 16.4. The van der Waals surface area contributed by atoms with Crippen molar-refractivity contribution in [2.75, 3.05) is 13.1 Å². The van der Waals surface area contributed by atoms with Gasteiger partial charge in [-0.3, -0.25) is 24.0 Å². The van der Waals surface area contributed by atoms with Gasteiger partial charge in [-0.25, -0.2) is 4.79 Å². The van der Waals surface area contributed by atoms with E-state index >= 15 is 0 Å². The van der Waals surface area contributed by atoms with Crippen LogP contribution in [0, 0.1) is 0 Å². The Morgan fingerprint density at radius 1 is 1.03 bits per heavy atom. The van der Waals surface area contributed by atoms with Gasteiger partial charge in [0.1, 0.15) is 18.1 Å². The molecule has 0 aromatic heterocycles. The lowest BCUT2D eigenvalue weighted by molar-refractivity contribution is -0.145. The van der Waals surface area contributed by atoms with Gasteiger partial charge in [-0.15, -0.1) is 0 Å². The largest absolute Gasteiger partial charge is 0.480 e. The summed E-state index contributed by atoms with van der Waals surface area (Å²) < 4.78 is 0. The molecule has 0 aromatic rings. The highest BCUT2D eigenvalue weighted by Gasteiger charge is 2.39. The number of carboxylic acid groups (broad SMARTS) is 1. The van der Waals surface area contributed by atoms with Gasteiger partial charge in [0, 0.05) is 13.0 Å². The van der Waals surface area contributed by atoms with E-state index in [2.05, 4.69) is 10.6 Å². The molecule has 0 aromatic carbocycles. The first-order valence-corrected chi connectivity index (χ1v) is 8.96. The maximum atomic E-state index is 12.8. The van der Waals surface area contributed by atoms with Crippen molar-refractivity contribution in [1.82, 2.24) is 15.5 Å². The first-order chi connectivity index (χ1) is 13.6. The minimum atomic E-state index is -1.36. The van der Waals surface area contributed by atoms with Crippen LogP contribution in [0.15, 0.2) is 0 Å². The van der Waals surface area contributed by atoms with Crippen LogP contribution in [0.5, 0.6) is 0 Å². The molecule has 0 bridgehead atoms. The number of hydrogen-bond donors (Lipinski definition) is 6. The third-order valence-electron chi connectivity index (χ3n) is 4.36. The van der Waals surface area contributed by atoms with Gasteiger partial charge >= 0.3 is 5.97 Å². The highest BCUT2D eigenvalue weighted by molar-refractivity contribution is 5.96. The number of carbonyl (C=O) groups excluding carboxylic acids is 5. The second-order valence-electron chi connectivity index (χ2n) is 6.59. The Morgan fingerprint density at radius 2 is 1.69 bits per heavy atom. The molecule has 1 rings (SSSR count). The van der Waals surface area contributed by atoms with E-state index in [4.69, 9.17) is 17.2 Å². The van der Waals surface area contributed by atoms with Crippen LogP contribution < -0.4 is 27.8 Å². The molecule has 9 N–H and O–H groups in total. The zero-order valence-electron chi connectivity index (χ0n) is 15.8. The average Bonchev–Trinajstić information content (AvgIpc) is 3.12. The molecule has 1 aliphatic heterocycles. The Bertz CT molecular complexity index is 683. The van der Waals surface area contributed by atoms with Crippen LogP contribution in [0.4, 0.5) is 0 Å². The minimum Gasteiger partial charge on any atom is -0.480 e. The molecule has 1 heterocycles. The van der Waals surface area contributed by atoms with Crippen molar-refractivity contribution in [3.8, 4) is 0 Å². The van der Waals surface area contributed by atoms with Crippen molar-refractivity contribution >= 4 is 35.5 Å². The van der Waals surface area contributed by atoms with Crippen LogP contribution >= 0.6 is 0 Å². The minimum absolute atomic E-state index is 0.170. The number of nitrogens with two attached hydrogens (primary N) is 3. The van der Waals surface area contributed by atoms with Crippen molar-refractivity contribution in [2.45, 2.75) is 50.2 Å². The Kier molecular flexibility index (Phi) is 8.99. The van der Waals surface area contributed by atoms with Crippen LogP contribution in [0.3, 0.4) is 0 Å². The SMILES string of the molecule is NCC(=O)NC(CC(N)=O)C(=O)N1CCCC1C(=O)NC(CCC(N)=O)C(=O)O. The number of aliphatic carboxylic acids is 1. The van der Waals surface area contributed by atoms with Crippen LogP contribution in [0.1, 0.15) is 32.1 Å². The van der Waals surface area contributed by atoms with E-state index in [0.29, 0.717) is 6.42 Å². The van der Waals surface area contributed by atoms with Gasteiger partial charge in [0.05, 0.1) is 13.0 Å². The summed E-state index contributed by atoms with van der Waals surface area (Å²) in [6.07, 6.45) is -0.207. The van der Waals surface area contributed by atoms with Crippen LogP contribution in [0.25, 0.3) is 0 Å². The number of carbonyl (C=O) groups is 6. The number of rotatable bonds is 11. The second kappa shape index (κ2) is 10.9. The van der Waals surface area contributed by atoms with E-state index in [1.54, 1.807) is 0 Å². The molecular weight excluding hydrogens is 388 g/mol. The van der Waals surface area contributed by atoms with E-state index in [1.165, 1.54) is 0 Å². The monoisotopic (exact) mass is 414 g/mol. The molecule has 3 atom stereocenters. The zero-order chi connectivity index (χ0) is 22.1. The van der Waals surface area contributed by atoms with Gasteiger partial charge in [0.25, 0.3) is 0 Å². The summed E-state index contributed by atoms with van der Waals surface area (Å²) in [4.78, 5) is 71.5. The average molecular weight is 414 g/mol. The van der Waals surface area contributed by atoms with Gasteiger partial charge < -0.3 is 37.8 Å². The molecule has 13 nitrogen and oxygen atoms in total. The molecule has 162 valence electrons. The summed E-state index contributed by atoms with van der Waals surface area (Å²) in [5.74, 6) is -5.01. The summed E-state index contributed by atoms with van der Waals surface area (Å²) in [5, 5.41) is 13.8. The van der Waals surface area contributed by atoms with Gasteiger partial charge in [0.15, 0.2) is 0 Å². The van der Waals surface area contributed by atoms with Gasteiger partial charge in [-0.1, -0.05) is 0 Å². The first kappa shape index (κ1) is 23.8. The van der Waals surface area contributed by atoms with Crippen LogP contribution in [-0.4, -0.2) is 76.7 Å². The third kappa shape index (κ3) is 7.37. The Morgan fingerprint density at radius 3 is 2.21 bits per heavy atom. The number of hydrogen-bond acceptors (Lipinski definition) is 7. The van der Waals surface area contributed by atoms with E-state index in [-0.39, 0.29) is 25.8 Å². The Balaban J connectivity index is 2.89. The molecule has 0 saturated carbocycles. The summed E-state index contributed by atoms with van der Waals surface area (Å²) in [6.45, 7) is -0.240. The summed E-state index contributed by atoms with van der Waals surface area (Å²) in [6, 6.07) is -3.64. The highest BCUT2D eigenvalue weighted by Crippen LogP contribution is 2.19. The van der Waals surface area contributed by atoms with Gasteiger partial charge in [0.2, 0.25) is 29.5 Å². The first-order valence-electron chi connectivity index (χ1n) is 8.96. The zero-order valence-corrected chi connectivity index (χ0v) is 15.8. The molecule has 3 unspecified atom stereocenters. The lowest BCUT2D eigenvalue weighted by atomic mass is 10.1. The smallest absolute Gasteiger partial charge is 0.326 e. The number of likely N-dealkylation sites (tertiary alicyclic amines) is 1. The van der Waals surface area contributed by atoms with Crippen LogP contribution in [0.2, 0.25) is 0 Å². The normalized spacial score (nSPS) is 17.8. The van der Waals surface area contributed by atoms with E-state index in [9.17, 15) is 33.9 Å². The van der Waals surface area contributed by atoms with E-state index < -0.39 is 66.6 Å². The molecule has 5 amide bonds. The maximum Gasteiger partial charge on any atom is 0.326 e. The maximum absolute atomic E-state index is 12.8. The number of amides is 5. The number of nitrogens with zero attached hydrogens (tertiary/aromatic N) is 1. The van der Waals surface area contributed by atoms with E-state index in [0.717, 1.165) is 4.90 Å². The van der Waals surface area contributed by atoms with Crippen molar-refractivity contribution in [2.24, 2.45) is 17.2 Å². The predicted octanol–water partition coefficient (Wildman–Crippen LogP) is -3.87. The van der Waals surface area contributed by atoms with Crippen LogP contribution in [-0.2, 0) is 28.8 Å². The van der Waals surface area contributed by atoms with Crippen molar-refractivity contribution in [3.05, 3.63) is 0 Å². The van der Waals surface area contributed by atoms with Gasteiger partial charge in [-0.05, 0) is 19.3 Å². The van der Waals surface area contributed by atoms with Crippen molar-refractivity contribution < 1.29 is 33.9 Å². The molecule has 1 saturated heterocycles. The number of nitrogens with one attached hydrogen (secondary N) is 2. The van der Waals surface area contributed by atoms with E-state index in [1.807, 2.05) is 0 Å². The molecule has 1 aliphatic rings. The second-order valence-corrected chi connectivity index (χ2v) is 6.59. The fourth-order valence-corrected chi connectivity index (χ4v) is 2.97. The third-order valence-corrected chi connectivity index (χ3v) is 4.36. The lowest BCUT2D eigenvalue weighted by Gasteiger charge is -2.29. The van der Waals surface area contributed by atoms with Crippen molar-refractivity contribution in [3.63, 3.8) is 0 Å². The summed E-state index contributed by atoms with van der Waals surface area (Å²) in [5.41, 5.74) is 15.3. The molecule has 0 spiro atoms. The number of primary amides is 2. The lowest BCUT2D eigenvalue weighted by Crippen LogP contribution is -2.56. The topological polar surface area (TPSA) is 228 Å². The fourth-order valence-electron chi connectivity index (χ4n) is 2.97. The molecule has 0 radical (unpaired) electrons. The fraction of sp³-hybridized carbons (Fsp3) is 0.625. The quantitative estimate of drug-likeness (QED) is 0.195. The molecule has 29 heavy (non-hydrogen) atoms. The summed E-state index contributed by atoms with van der Waals surface area (Å²) in [7, 11) is 0. The number of carboxylic acids is 1. The Labute approximate surface area is 166 Å². The standard InChI is InChI=1S/C16H26N6O7/c17-7-13(25)20-9(6-12(19)24)15(27)22-5-1-2-10(22)14(26)21-8(16(28)29)3-4-11(18)23/h8-10H,1-7,17H2,(H2,18,23)(H2,19,24)(H,20,25)(H,21,26)(H,28,29). The predicted molar refractivity (Wildman–Crippen MR) is 97.5 cm³/mol. The van der Waals surface area contributed by atoms with Crippen molar-refractivity contribution in [1.29, 1.82) is 0 Å².